The van der Waals surface area contributed by atoms with Crippen molar-refractivity contribution in [1.82, 2.24) is 4.98 Å². The lowest BCUT2D eigenvalue weighted by Gasteiger charge is -2.07. The summed E-state index contributed by atoms with van der Waals surface area (Å²) in [6.45, 7) is 6.18. The van der Waals surface area contributed by atoms with Crippen LogP contribution in [0.2, 0.25) is 0 Å². The van der Waals surface area contributed by atoms with Gasteiger partial charge in [0.05, 0.1) is 17.9 Å². The summed E-state index contributed by atoms with van der Waals surface area (Å²) in [4.78, 5) is 15.9. The van der Waals surface area contributed by atoms with E-state index in [-0.39, 0.29) is 5.97 Å². The lowest BCUT2D eigenvalue weighted by molar-refractivity contribution is 0.0525. The van der Waals surface area contributed by atoms with Crippen LogP contribution in [0.3, 0.4) is 0 Å². The van der Waals surface area contributed by atoms with E-state index < -0.39 is 0 Å². The molecule has 0 aliphatic carbocycles. The third kappa shape index (κ3) is 3.33. The summed E-state index contributed by atoms with van der Waals surface area (Å²) in [5, 5.41) is 0. The molecular formula is C13H19NO2. The maximum Gasteiger partial charge on any atom is 0.339 e. The molecule has 1 heterocycles. The van der Waals surface area contributed by atoms with Crippen LogP contribution in [0.1, 0.15) is 48.3 Å². The van der Waals surface area contributed by atoms with Crippen LogP contribution in [0.25, 0.3) is 0 Å². The molecule has 0 unspecified atom stereocenters. The lowest BCUT2D eigenvalue weighted by atomic mass is 10.1. The first-order valence-corrected chi connectivity index (χ1v) is 5.81. The van der Waals surface area contributed by atoms with Crippen molar-refractivity contribution in [3.63, 3.8) is 0 Å². The fraction of sp³-hybridized carbons (Fsp3) is 0.538. The quantitative estimate of drug-likeness (QED) is 0.718. The predicted octanol–water partition coefficient (Wildman–Crippen LogP) is 2.91. The van der Waals surface area contributed by atoms with Gasteiger partial charge in [0.25, 0.3) is 0 Å². The monoisotopic (exact) mass is 221 g/mol. The van der Waals surface area contributed by atoms with Gasteiger partial charge >= 0.3 is 5.97 Å². The van der Waals surface area contributed by atoms with E-state index in [1.165, 1.54) is 0 Å². The number of aromatic nitrogens is 1. The van der Waals surface area contributed by atoms with Crippen LogP contribution >= 0.6 is 0 Å². The minimum atomic E-state index is -0.272. The van der Waals surface area contributed by atoms with E-state index in [4.69, 9.17) is 4.74 Å². The van der Waals surface area contributed by atoms with Crippen LogP contribution in [0.15, 0.2) is 12.3 Å². The number of aryl methyl sites for hydroxylation is 2. The molecule has 1 aromatic heterocycles. The van der Waals surface area contributed by atoms with Crippen molar-refractivity contribution in [2.45, 2.75) is 40.0 Å². The molecule has 0 atom stereocenters. The largest absolute Gasteiger partial charge is 0.462 e. The van der Waals surface area contributed by atoms with Crippen molar-refractivity contribution in [2.24, 2.45) is 0 Å². The maximum atomic E-state index is 11.6. The SMILES string of the molecule is CCCCc1cnc(C)c(C(=O)OCC)c1. The maximum absolute atomic E-state index is 11.6. The summed E-state index contributed by atoms with van der Waals surface area (Å²) in [6, 6.07) is 1.90. The molecule has 16 heavy (non-hydrogen) atoms. The molecule has 0 saturated heterocycles. The number of rotatable bonds is 5. The Bertz CT molecular complexity index is 361. The highest BCUT2D eigenvalue weighted by atomic mass is 16.5. The predicted molar refractivity (Wildman–Crippen MR) is 63.5 cm³/mol. The van der Waals surface area contributed by atoms with E-state index in [1.807, 2.05) is 26.1 Å². The molecule has 0 N–H and O–H groups in total. The Hall–Kier alpha value is -1.38. The highest BCUT2D eigenvalue weighted by Crippen LogP contribution is 2.12. The molecular weight excluding hydrogens is 202 g/mol. The lowest BCUT2D eigenvalue weighted by Crippen LogP contribution is -2.08. The van der Waals surface area contributed by atoms with Gasteiger partial charge in [0.2, 0.25) is 0 Å². The van der Waals surface area contributed by atoms with E-state index >= 15 is 0 Å². The first-order chi connectivity index (χ1) is 7.69. The Morgan fingerprint density at radius 2 is 2.19 bits per heavy atom. The Balaban J connectivity index is 2.85. The molecule has 0 amide bonds. The van der Waals surface area contributed by atoms with Gasteiger partial charge in [-0.1, -0.05) is 13.3 Å². The summed E-state index contributed by atoms with van der Waals surface area (Å²) in [5.41, 5.74) is 2.43. The molecule has 0 bridgehead atoms. The fourth-order valence-electron chi connectivity index (χ4n) is 1.51. The molecule has 0 aromatic carbocycles. The van der Waals surface area contributed by atoms with E-state index in [1.54, 1.807) is 0 Å². The molecule has 1 aromatic rings. The van der Waals surface area contributed by atoms with Crippen molar-refractivity contribution in [1.29, 1.82) is 0 Å². The summed E-state index contributed by atoms with van der Waals surface area (Å²) in [5.74, 6) is -0.272. The zero-order valence-electron chi connectivity index (χ0n) is 10.2. The Labute approximate surface area is 96.8 Å². The topological polar surface area (TPSA) is 39.2 Å². The number of esters is 1. The van der Waals surface area contributed by atoms with Gasteiger partial charge in [-0.2, -0.15) is 0 Å². The van der Waals surface area contributed by atoms with Gasteiger partial charge in [-0.15, -0.1) is 0 Å². The standard InChI is InChI=1S/C13H19NO2/c1-4-6-7-11-8-12(10(3)14-9-11)13(15)16-5-2/h8-9H,4-7H2,1-3H3. The van der Waals surface area contributed by atoms with E-state index in [9.17, 15) is 4.79 Å². The summed E-state index contributed by atoms with van der Waals surface area (Å²) >= 11 is 0. The van der Waals surface area contributed by atoms with Crippen molar-refractivity contribution in [2.75, 3.05) is 6.61 Å². The first-order valence-electron chi connectivity index (χ1n) is 5.81. The van der Waals surface area contributed by atoms with Crippen LogP contribution in [-0.2, 0) is 11.2 Å². The Morgan fingerprint density at radius 1 is 1.44 bits per heavy atom. The van der Waals surface area contributed by atoms with Crippen molar-refractivity contribution >= 4 is 5.97 Å². The van der Waals surface area contributed by atoms with Crippen LogP contribution in [0.5, 0.6) is 0 Å². The van der Waals surface area contributed by atoms with Gasteiger partial charge in [0.15, 0.2) is 0 Å². The van der Waals surface area contributed by atoms with Gasteiger partial charge in [0, 0.05) is 6.20 Å². The minimum absolute atomic E-state index is 0.272. The van der Waals surface area contributed by atoms with Crippen molar-refractivity contribution in [3.8, 4) is 0 Å². The van der Waals surface area contributed by atoms with E-state index in [0.717, 1.165) is 30.5 Å². The highest BCUT2D eigenvalue weighted by Gasteiger charge is 2.11. The van der Waals surface area contributed by atoms with Crippen molar-refractivity contribution in [3.05, 3.63) is 29.1 Å². The number of hydrogen-bond donors (Lipinski definition) is 0. The molecule has 88 valence electrons. The molecule has 0 fully saturated rings. The third-order valence-electron chi connectivity index (χ3n) is 2.46. The molecule has 0 spiro atoms. The number of hydrogen-bond acceptors (Lipinski definition) is 3. The molecule has 0 radical (unpaired) electrons. The second-order valence-corrected chi connectivity index (χ2v) is 3.80. The Morgan fingerprint density at radius 3 is 2.81 bits per heavy atom. The summed E-state index contributed by atoms with van der Waals surface area (Å²) < 4.78 is 4.99. The number of carbonyl (C=O) groups excluding carboxylic acids is 1. The molecule has 3 nitrogen and oxygen atoms in total. The average Bonchev–Trinajstić information content (AvgIpc) is 2.28. The van der Waals surface area contributed by atoms with Gasteiger partial charge < -0.3 is 4.74 Å². The van der Waals surface area contributed by atoms with Gasteiger partial charge in [-0.05, 0) is 38.3 Å². The Kier molecular flexibility index (Phi) is 4.96. The van der Waals surface area contributed by atoms with Crippen LogP contribution < -0.4 is 0 Å². The first kappa shape index (κ1) is 12.7. The molecule has 0 aliphatic heterocycles. The zero-order valence-corrected chi connectivity index (χ0v) is 10.2. The van der Waals surface area contributed by atoms with Crippen LogP contribution in [-0.4, -0.2) is 17.6 Å². The van der Waals surface area contributed by atoms with Gasteiger partial charge in [0.1, 0.15) is 0 Å². The van der Waals surface area contributed by atoms with Gasteiger partial charge in [-0.25, -0.2) is 4.79 Å². The number of carbonyl (C=O) groups is 1. The normalized spacial score (nSPS) is 10.2. The summed E-state index contributed by atoms with van der Waals surface area (Å²) in [6.07, 6.45) is 5.07. The molecule has 1 rings (SSSR count). The summed E-state index contributed by atoms with van der Waals surface area (Å²) in [7, 11) is 0. The second-order valence-electron chi connectivity index (χ2n) is 3.80. The van der Waals surface area contributed by atoms with E-state index in [2.05, 4.69) is 11.9 Å². The molecule has 0 saturated carbocycles. The third-order valence-corrected chi connectivity index (χ3v) is 2.46. The second kappa shape index (κ2) is 6.26. The number of nitrogens with zero attached hydrogens (tertiary/aromatic N) is 1. The number of unbranched alkanes of at least 4 members (excludes halogenated alkanes) is 1. The van der Waals surface area contributed by atoms with Crippen LogP contribution in [0, 0.1) is 6.92 Å². The van der Waals surface area contributed by atoms with E-state index in [0.29, 0.717) is 12.2 Å². The zero-order chi connectivity index (χ0) is 12.0. The molecule has 3 heteroatoms. The van der Waals surface area contributed by atoms with Crippen LogP contribution in [0.4, 0.5) is 0 Å². The van der Waals surface area contributed by atoms with Gasteiger partial charge in [-0.3, -0.25) is 4.98 Å². The smallest absolute Gasteiger partial charge is 0.339 e. The highest BCUT2D eigenvalue weighted by molar-refractivity contribution is 5.90. The number of ether oxygens (including phenoxy) is 1. The number of pyridine rings is 1. The van der Waals surface area contributed by atoms with Crippen molar-refractivity contribution < 1.29 is 9.53 Å². The fourth-order valence-corrected chi connectivity index (χ4v) is 1.51. The molecule has 0 aliphatic rings. The average molecular weight is 221 g/mol. The minimum Gasteiger partial charge on any atom is -0.462 e.